The third-order valence-electron chi connectivity index (χ3n) is 5.92. The van der Waals surface area contributed by atoms with E-state index in [1.54, 1.807) is 16.2 Å². The van der Waals surface area contributed by atoms with E-state index < -0.39 is 0 Å². The zero-order valence-corrected chi connectivity index (χ0v) is 19.5. The number of rotatable bonds is 4. The Bertz CT molecular complexity index is 1060. The third-order valence-corrected chi connectivity index (χ3v) is 7.08. The van der Waals surface area contributed by atoms with Gasteiger partial charge in [-0.3, -0.25) is 0 Å². The average molecular weight is 452 g/mol. The van der Waals surface area contributed by atoms with Gasteiger partial charge in [0.1, 0.15) is 0 Å². The lowest BCUT2D eigenvalue weighted by Crippen LogP contribution is -2.37. The maximum Gasteiger partial charge on any atom is 0.409 e. The minimum Gasteiger partial charge on any atom is -0.463 e. The van der Waals surface area contributed by atoms with E-state index in [0.717, 1.165) is 30.6 Å². The number of likely N-dealkylation sites (tertiary alicyclic amines) is 1. The van der Waals surface area contributed by atoms with Crippen LogP contribution in [0.5, 0.6) is 0 Å². The van der Waals surface area contributed by atoms with E-state index in [1.165, 1.54) is 38.8 Å². The zero-order chi connectivity index (χ0) is 22.5. The maximum absolute atomic E-state index is 12.2. The normalized spacial score (nSPS) is 15.9. The Hall–Kier alpha value is -2.86. The fourth-order valence-electron chi connectivity index (χ4n) is 4.45. The van der Waals surface area contributed by atoms with Gasteiger partial charge in [-0.1, -0.05) is 29.8 Å². The summed E-state index contributed by atoms with van der Waals surface area (Å²) in [6.07, 6.45) is 6.80. The number of ether oxygens (including phenoxy) is 2. The summed E-state index contributed by atoms with van der Waals surface area (Å²) in [5.74, 6) is -0.314. The van der Waals surface area contributed by atoms with E-state index in [0.29, 0.717) is 26.3 Å². The molecule has 1 fully saturated rings. The molecule has 0 unspecified atom stereocenters. The quantitative estimate of drug-likeness (QED) is 0.456. The van der Waals surface area contributed by atoms with Gasteiger partial charge in [0, 0.05) is 28.9 Å². The van der Waals surface area contributed by atoms with E-state index in [1.807, 2.05) is 19.9 Å². The lowest BCUT2D eigenvalue weighted by Gasteiger charge is -2.29. The Kier molecular flexibility index (Phi) is 7.10. The van der Waals surface area contributed by atoms with Gasteiger partial charge in [0.15, 0.2) is 0 Å². The first-order valence-electron chi connectivity index (χ1n) is 11.3. The second-order valence-electron chi connectivity index (χ2n) is 7.89. The number of fused-ring (bicyclic) bond motifs is 2. The number of benzene rings is 1. The highest BCUT2D eigenvalue weighted by atomic mass is 32.1. The van der Waals surface area contributed by atoms with Crippen molar-refractivity contribution in [2.45, 2.75) is 39.5 Å². The number of aryl methyl sites for hydroxylation is 2. The van der Waals surface area contributed by atoms with Crippen LogP contribution in [0.2, 0.25) is 0 Å². The molecule has 0 radical (unpaired) electrons. The Labute approximate surface area is 193 Å². The minimum absolute atomic E-state index is 0.222. The number of piperidine rings is 1. The number of carbonyl (C=O) groups excluding carboxylic acids is 2. The lowest BCUT2D eigenvalue weighted by molar-refractivity contribution is -0.137. The molecular weight excluding hydrogens is 422 g/mol. The van der Waals surface area contributed by atoms with Crippen LogP contribution >= 0.6 is 11.3 Å². The van der Waals surface area contributed by atoms with Crippen molar-refractivity contribution in [3.05, 3.63) is 68.4 Å². The second-order valence-corrected chi connectivity index (χ2v) is 9.06. The van der Waals surface area contributed by atoms with Crippen LogP contribution in [-0.4, -0.2) is 43.3 Å². The Morgan fingerprint density at radius 1 is 1.00 bits per heavy atom. The molecule has 1 amide bonds. The van der Waals surface area contributed by atoms with Crippen LogP contribution in [0.15, 0.2) is 42.0 Å². The molecule has 1 saturated heterocycles. The van der Waals surface area contributed by atoms with Gasteiger partial charge in [-0.15, -0.1) is 11.3 Å². The smallest absolute Gasteiger partial charge is 0.409 e. The number of carbonyl (C=O) groups is 2. The molecule has 1 aliphatic carbocycles. The Balaban J connectivity index is 1.69. The molecule has 2 heterocycles. The molecule has 0 bridgehead atoms. The van der Waals surface area contributed by atoms with Gasteiger partial charge < -0.3 is 14.4 Å². The van der Waals surface area contributed by atoms with Crippen molar-refractivity contribution in [1.29, 1.82) is 0 Å². The summed E-state index contributed by atoms with van der Waals surface area (Å²) in [6.45, 7) is 5.77. The molecule has 5 nitrogen and oxygen atoms in total. The SMILES string of the molecule is CCOC(=O)C=Cc1cc2c(s1)CCc1ccccc1C2=C1CCN(C(=O)OCC)CC1. The van der Waals surface area contributed by atoms with Gasteiger partial charge in [-0.2, -0.15) is 0 Å². The summed E-state index contributed by atoms with van der Waals surface area (Å²) in [5.41, 5.74) is 6.63. The number of hydrogen-bond acceptors (Lipinski definition) is 5. The Morgan fingerprint density at radius 2 is 1.75 bits per heavy atom. The summed E-state index contributed by atoms with van der Waals surface area (Å²) in [5, 5.41) is 0. The van der Waals surface area contributed by atoms with Crippen LogP contribution in [0.1, 0.15) is 53.1 Å². The van der Waals surface area contributed by atoms with Crippen LogP contribution in [0.3, 0.4) is 0 Å². The van der Waals surface area contributed by atoms with Crippen molar-refractivity contribution in [2.24, 2.45) is 0 Å². The van der Waals surface area contributed by atoms with E-state index in [2.05, 4.69) is 30.3 Å². The first-order valence-corrected chi connectivity index (χ1v) is 12.1. The molecule has 1 aliphatic heterocycles. The molecule has 4 rings (SSSR count). The predicted molar refractivity (Wildman–Crippen MR) is 128 cm³/mol. The molecule has 2 aliphatic rings. The monoisotopic (exact) mass is 451 g/mol. The number of nitrogens with zero attached hydrogens (tertiary/aromatic N) is 1. The van der Waals surface area contributed by atoms with Crippen LogP contribution in [-0.2, 0) is 27.1 Å². The highest BCUT2D eigenvalue weighted by Gasteiger charge is 2.27. The van der Waals surface area contributed by atoms with Crippen molar-refractivity contribution in [2.75, 3.05) is 26.3 Å². The van der Waals surface area contributed by atoms with Gasteiger partial charge in [-0.05, 0) is 73.9 Å². The van der Waals surface area contributed by atoms with Gasteiger partial charge in [-0.25, -0.2) is 9.59 Å². The first-order chi connectivity index (χ1) is 15.6. The summed E-state index contributed by atoms with van der Waals surface area (Å²) >= 11 is 1.75. The zero-order valence-electron chi connectivity index (χ0n) is 18.7. The number of esters is 1. The fraction of sp³-hybridized carbons (Fsp3) is 0.385. The van der Waals surface area contributed by atoms with E-state index in [9.17, 15) is 9.59 Å². The molecule has 0 saturated carbocycles. The molecule has 168 valence electrons. The van der Waals surface area contributed by atoms with Crippen molar-refractivity contribution >= 4 is 35.0 Å². The minimum atomic E-state index is -0.314. The number of hydrogen-bond donors (Lipinski definition) is 0. The van der Waals surface area contributed by atoms with E-state index in [-0.39, 0.29) is 12.1 Å². The van der Waals surface area contributed by atoms with E-state index in [4.69, 9.17) is 9.47 Å². The molecule has 32 heavy (non-hydrogen) atoms. The van der Waals surface area contributed by atoms with Gasteiger partial charge in [0.2, 0.25) is 0 Å². The van der Waals surface area contributed by atoms with Crippen LogP contribution in [0.4, 0.5) is 4.79 Å². The molecule has 2 aromatic rings. The van der Waals surface area contributed by atoms with Gasteiger partial charge in [0.05, 0.1) is 13.2 Å². The van der Waals surface area contributed by atoms with Gasteiger partial charge in [0.25, 0.3) is 0 Å². The van der Waals surface area contributed by atoms with Crippen molar-refractivity contribution in [3.63, 3.8) is 0 Å². The first kappa shape index (κ1) is 22.3. The Morgan fingerprint density at radius 3 is 2.50 bits per heavy atom. The molecule has 1 aromatic heterocycles. The summed E-state index contributed by atoms with van der Waals surface area (Å²) < 4.78 is 10.2. The van der Waals surface area contributed by atoms with Crippen LogP contribution < -0.4 is 0 Å². The molecule has 0 atom stereocenters. The van der Waals surface area contributed by atoms with Crippen molar-refractivity contribution < 1.29 is 19.1 Å². The molecule has 6 heteroatoms. The highest BCUT2D eigenvalue weighted by molar-refractivity contribution is 7.13. The van der Waals surface area contributed by atoms with E-state index >= 15 is 0 Å². The average Bonchev–Trinajstić information content (AvgIpc) is 3.14. The lowest BCUT2D eigenvalue weighted by atomic mass is 9.87. The van der Waals surface area contributed by atoms with Gasteiger partial charge >= 0.3 is 12.1 Å². The standard InChI is InChI=1S/C26H29NO4S/c1-3-30-24(28)12-10-20-17-22-23(32-20)11-9-18-7-5-6-8-21(18)25(22)19-13-15-27(16-14-19)26(29)31-4-2/h5-8,10,12,17H,3-4,9,11,13-16H2,1-2H3. The maximum atomic E-state index is 12.2. The number of thiophene rings is 1. The fourth-order valence-corrected chi connectivity index (χ4v) is 5.52. The summed E-state index contributed by atoms with van der Waals surface area (Å²) in [7, 11) is 0. The topological polar surface area (TPSA) is 55.8 Å². The molecule has 0 spiro atoms. The molecular formula is C26H29NO4S. The van der Waals surface area contributed by atoms with Crippen molar-refractivity contribution in [1.82, 2.24) is 4.90 Å². The molecule has 1 aromatic carbocycles. The highest BCUT2D eigenvalue weighted by Crippen LogP contribution is 2.42. The second kappa shape index (κ2) is 10.2. The number of amides is 1. The largest absolute Gasteiger partial charge is 0.463 e. The molecule has 0 N–H and O–H groups in total. The summed E-state index contributed by atoms with van der Waals surface area (Å²) in [6, 6.07) is 10.9. The van der Waals surface area contributed by atoms with Crippen molar-refractivity contribution in [3.8, 4) is 0 Å². The summed E-state index contributed by atoms with van der Waals surface area (Å²) in [4.78, 5) is 28.1. The predicted octanol–water partition coefficient (Wildman–Crippen LogP) is 5.48. The van der Waals surface area contributed by atoms with Crippen LogP contribution in [0.25, 0.3) is 11.6 Å². The third kappa shape index (κ3) is 4.80. The van der Waals surface area contributed by atoms with Crippen LogP contribution in [0, 0.1) is 0 Å².